The molecule has 0 aliphatic carbocycles. The van der Waals surface area contributed by atoms with Gasteiger partial charge in [0.1, 0.15) is 0 Å². The molecule has 0 saturated heterocycles. The van der Waals surface area contributed by atoms with E-state index in [0.29, 0.717) is 34.9 Å². The Labute approximate surface area is 120 Å². The molecule has 1 aromatic rings. The zero-order chi connectivity index (χ0) is 15.3. The van der Waals surface area contributed by atoms with Gasteiger partial charge >= 0.3 is 0 Å². The molecule has 1 rings (SSSR count). The van der Waals surface area contributed by atoms with E-state index in [-0.39, 0.29) is 5.92 Å². The Morgan fingerprint density at radius 1 is 1.30 bits per heavy atom. The van der Waals surface area contributed by atoms with Crippen molar-refractivity contribution < 1.29 is 13.2 Å². The molecule has 1 aromatic carbocycles. The predicted molar refractivity (Wildman–Crippen MR) is 80.0 cm³/mol. The summed E-state index contributed by atoms with van der Waals surface area (Å²) in [4.78, 5) is 0.307. The van der Waals surface area contributed by atoms with Crippen LogP contribution in [0.2, 0.25) is 0 Å². The van der Waals surface area contributed by atoms with Crippen molar-refractivity contribution in [2.24, 2.45) is 11.8 Å². The largest absolute Gasteiger partial charge is 0.384 e. The van der Waals surface area contributed by atoms with Crippen molar-refractivity contribution in [2.75, 3.05) is 25.7 Å². The molecule has 20 heavy (non-hydrogen) atoms. The summed E-state index contributed by atoms with van der Waals surface area (Å²) in [6.45, 7) is 6.28. The van der Waals surface area contributed by atoms with E-state index in [9.17, 15) is 8.42 Å². The molecule has 1 unspecified atom stereocenters. The van der Waals surface area contributed by atoms with Gasteiger partial charge in [0.15, 0.2) is 0 Å². The van der Waals surface area contributed by atoms with Crippen LogP contribution in [0.25, 0.3) is 0 Å². The van der Waals surface area contributed by atoms with Gasteiger partial charge in [-0.05, 0) is 43.0 Å². The number of benzene rings is 1. The fourth-order valence-electron chi connectivity index (χ4n) is 2.13. The van der Waals surface area contributed by atoms with Crippen LogP contribution in [0.1, 0.15) is 18.1 Å². The number of anilines is 1. The molecule has 0 spiro atoms. The van der Waals surface area contributed by atoms with E-state index in [4.69, 9.17) is 10.6 Å². The molecule has 0 aliphatic rings. The number of nitrogen functional groups attached to an aromatic ring is 1. The van der Waals surface area contributed by atoms with Gasteiger partial charge in [-0.1, -0.05) is 6.92 Å². The van der Waals surface area contributed by atoms with Crippen LogP contribution in [0.5, 0.6) is 0 Å². The van der Waals surface area contributed by atoms with E-state index in [0.717, 1.165) is 0 Å². The molecular formula is C13H23N3O3S. The minimum Gasteiger partial charge on any atom is -0.384 e. The molecule has 1 atom stereocenters. The summed E-state index contributed by atoms with van der Waals surface area (Å²) in [5.74, 6) is 5.46. The highest BCUT2D eigenvalue weighted by Gasteiger charge is 2.20. The summed E-state index contributed by atoms with van der Waals surface area (Å²) in [6, 6.07) is 3.42. The smallest absolute Gasteiger partial charge is 0.241 e. The van der Waals surface area contributed by atoms with Crippen molar-refractivity contribution in [2.45, 2.75) is 25.7 Å². The monoisotopic (exact) mass is 301 g/mol. The van der Waals surface area contributed by atoms with Crippen molar-refractivity contribution in [3.05, 3.63) is 23.3 Å². The quantitative estimate of drug-likeness (QED) is 0.519. The molecule has 7 heteroatoms. The Balaban J connectivity index is 2.98. The molecule has 6 nitrogen and oxygen atoms in total. The lowest BCUT2D eigenvalue weighted by atomic mass is 10.1. The lowest BCUT2D eigenvalue weighted by Crippen LogP contribution is -2.31. The summed E-state index contributed by atoms with van der Waals surface area (Å²) in [5, 5.41) is 0. The van der Waals surface area contributed by atoms with E-state index in [2.05, 4.69) is 10.1 Å². The van der Waals surface area contributed by atoms with E-state index in [1.807, 2.05) is 6.92 Å². The molecule has 0 aromatic heterocycles. The third-order valence-electron chi connectivity index (χ3n) is 2.97. The number of hydrogen-bond donors (Lipinski definition) is 3. The highest BCUT2D eigenvalue weighted by molar-refractivity contribution is 7.89. The Bertz CT molecular complexity index is 535. The SMILES string of the molecule is COCC(C)CNS(=O)(=O)c1c(C)cc(NN)cc1C. The lowest BCUT2D eigenvalue weighted by molar-refractivity contribution is 0.161. The molecular weight excluding hydrogens is 278 g/mol. The second kappa shape index (κ2) is 7.03. The minimum atomic E-state index is -3.53. The first-order chi connectivity index (χ1) is 9.31. The van der Waals surface area contributed by atoms with Gasteiger partial charge in [-0.2, -0.15) is 0 Å². The molecule has 114 valence electrons. The van der Waals surface area contributed by atoms with Crippen LogP contribution in [0.15, 0.2) is 17.0 Å². The fourth-order valence-corrected chi connectivity index (χ4v) is 3.74. The van der Waals surface area contributed by atoms with Crippen LogP contribution in [-0.4, -0.2) is 28.7 Å². The summed E-state index contributed by atoms with van der Waals surface area (Å²) in [7, 11) is -1.94. The number of sulfonamides is 1. The van der Waals surface area contributed by atoms with E-state index in [1.165, 1.54) is 0 Å². The fraction of sp³-hybridized carbons (Fsp3) is 0.538. The first-order valence-electron chi connectivity index (χ1n) is 6.38. The zero-order valence-corrected chi connectivity index (χ0v) is 13.2. The van der Waals surface area contributed by atoms with E-state index < -0.39 is 10.0 Å². The summed E-state index contributed by atoms with van der Waals surface area (Å²) >= 11 is 0. The van der Waals surface area contributed by atoms with Gasteiger partial charge in [0.2, 0.25) is 10.0 Å². The van der Waals surface area contributed by atoms with Gasteiger partial charge in [-0.15, -0.1) is 0 Å². The van der Waals surface area contributed by atoms with Crippen LogP contribution >= 0.6 is 0 Å². The van der Waals surface area contributed by atoms with Gasteiger partial charge in [-0.25, -0.2) is 13.1 Å². The van der Waals surface area contributed by atoms with Crippen LogP contribution in [0, 0.1) is 19.8 Å². The maximum atomic E-state index is 12.4. The van der Waals surface area contributed by atoms with Crippen LogP contribution in [-0.2, 0) is 14.8 Å². The number of hydrogen-bond acceptors (Lipinski definition) is 5. The Morgan fingerprint density at radius 2 is 1.85 bits per heavy atom. The van der Waals surface area contributed by atoms with Crippen LogP contribution < -0.4 is 16.0 Å². The Kier molecular flexibility index (Phi) is 5.94. The standard InChI is InChI=1S/C13H23N3O3S/c1-9(8-19-4)7-15-20(17,18)13-10(2)5-12(16-14)6-11(13)3/h5-6,9,15-16H,7-8,14H2,1-4H3. The predicted octanol–water partition coefficient (Wildman–Crippen LogP) is 1.15. The van der Waals surface area contributed by atoms with Crippen LogP contribution in [0.4, 0.5) is 5.69 Å². The lowest BCUT2D eigenvalue weighted by Gasteiger charge is -2.16. The van der Waals surface area contributed by atoms with Crippen molar-refractivity contribution >= 4 is 15.7 Å². The zero-order valence-electron chi connectivity index (χ0n) is 12.4. The third kappa shape index (κ3) is 4.17. The normalized spacial score (nSPS) is 13.2. The van der Waals surface area contributed by atoms with Gasteiger partial charge in [0.05, 0.1) is 4.90 Å². The highest BCUT2D eigenvalue weighted by Crippen LogP contribution is 2.23. The van der Waals surface area contributed by atoms with E-state index in [1.54, 1.807) is 33.1 Å². The molecule has 0 amide bonds. The topological polar surface area (TPSA) is 93.4 Å². The van der Waals surface area contributed by atoms with Crippen molar-refractivity contribution in [1.29, 1.82) is 0 Å². The maximum Gasteiger partial charge on any atom is 0.241 e. The molecule has 0 fully saturated rings. The summed E-state index contributed by atoms with van der Waals surface area (Å²) in [6.07, 6.45) is 0. The second-order valence-electron chi connectivity index (χ2n) is 5.00. The highest BCUT2D eigenvalue weighted by atomic mass is 32.2. The number of hydrazine groups is 1. The Morgan fingerprint density at radius 3 is 2.30 bits per heavy atom. The van der Waals surface area contributed by atoms with Gasteiger partial charge in [-0.3, -0.25) is 5.84 Å². The second-order valence-corrected chi connectivity index (χ2v) is 6.70. The molecule has 0 radical (unpaired) electrons. The van der Waals surface area contributed by atoms with Gasteiger partial charge in [0.25, 0.3) is 0 Å². The average Bonchev–Trinajstić information content (AvgIpc) is 2.35. The van der Waals surface area contributed by atoms with Gasteiger partial charge in [0, 0.05) is 25.9 Å². The number of aryl methyl sites for hydroxylation is 2. The third-order valence-corrected chi connectivity index (χ3v) is 4.70. The number of methoxy groups -OCH3 is 1. The number of ether oxygens (including phenoxy) is 1. The first-order valence-corrected chi connectivity index (χ1v) is 7.86. The average molecular weight is 301 g/mol. The minimum absolute atomic E-state index is 0.111. The summed E-state index contributed by atoms with van der Waals surface area (Å²) < 4.78 is 32.4. The molecule has 0 aliphatic heterocycles. The Hall–Kier alpha value is -1.15. The molecule has 0 saturated carbocycles. The molecule has 0 heterocycles. The van der Waals surface area contributed by atoms with Crippen LogP contribution in [0.3, 0.4) is 0 Å². The van der Waals surface area contributed by atoms with Crippen molar-refractivity contribution in [1.82, 2.24) is 4.72 Å². The van der Waals surface area contributed by atoms with Gasteiger partial charge < -0.3 is 10.2 Å². The number of rotatable bonds is 7. The number of nitrogens with one attached hydrogen (secondary N) is 2. The van der Waals surface area contributed by atoms with E-state index >= 15 is 0 Å². The van der Waals surface area contributed by atoms with Crippen molar-refractivity contribution in [3.8, 4) is 0 Å². The first kappa shape index (κ1) is 16.9. The molecule has 4 N–H and O–H groups in total. The van der Waals surface area contributed by atoms with Crippen molar-refractivity contribution in [3.63, 3.8) is 0 Å². The summed E-state index contributed by atoms with van der Waals surface area (Å²) in [5.41, 5.74) is 4.52. The molecule has 0 bridgehead atoms. The number of nitrogens with two attached hydrogens (primary N) is 1. The maximum absolute atomic E-state index is 12.4.